The SMILES string of the molecule is COCCCNC(=O)c1cccc(N2CCCC2)n1. The van der Waals surface area contributed by atoms with Gasteiger partial charge in [-0.05, 0) is 31.4 Å². The molecule has 0 aliphatic carbocycles. The molecule has 1 fully saturated rings. The predicted octanol–water partition coefficient (Wildman–Crippen LogP) is 1.45. The van der Waals surface area contributed by atoms with Gasteiger partial charge in [-0.1, -0.05) is 6.07 Å². The maximum Gasteiger partial charge on any atom is 0.269 e. The minimum absolute atomic E-state index is 0.114. The quantitative estimate of drug-likeness (QED) is 0.789. The highest BCUT2D eigenvalue weighted by atomic mass is 16.5. The molecule has 1 aliphatic heterocycles. The largest absolute Gasteiger partial charge is 0.385 e. The smallest absolute Gasteiger partial charge is 0.269 e. The van der Waals surface area contributed by atoms with E-state index in [1.807, 2.05) is 12.1 Å². The van der Waals surface area contributed by atoms with Gasteiger partial charge in [0.15, 0.2) is 0 Å². The second-order valence-electron chi connectivity index (χ2n) is 4.68. The first-order chi connectivity index (χ1) is 9.31. The van der Waals surface area contributed by atoms with Crippen LogP contribution in [0, 0.1) is 0 Å². The molecule has 5 heteroatoms. The van der Waals surface area contributed by atoms with Gasteiger partial charge >= 0.3 is 0 Å². The van der Waals surface area contributed by atoms with Crippen molar-refractivity contribution in [2.45, 2.75) is 19.3 Å². The zero-order valence-corrected chi connectivity index (χ0v) is 11.4. The number of rotatable bonds is 6. The number of methoxy groups -OCH3 is 1. The number of anilines is 1. The summed E-state index contributed by atoms with van der Waals surface area (Å²) in [4.78, 5) is 18.6. The topological polar surface area (TPSA) is 54.5 Å². The zero-order valence-electron chi connectivity index (χ0n) is 11.4. The van der Waals surface area contributed by atoms with Crippen molar-refractivity contribution in [1.82, 2.24) is 10.3 Å². The molecular weight excluding hydrogens is 242 g/mol. The molecule has 2 rings (SSSR count). The second kappa shape index (κ2) is 7.09. The van der Waals surface area contributed by atoms with E-state index in [-0.39, 0.29) is 5.91 Å². The molecule has 1 amide bonds. The Kier molecular flexibility index (Phi) is 5.15. The van der Waals surface area contributed by atoms with E-state index >= 15 is 0 Å². The number of hydrogen-bond acceptors (Lipinski definition) is 4. The summed E-state index contributed by atoms with van der Waals surface area (Å²) in [5.74, 6) is 0.791. The average Bonchev–Trinajstić information content (AvgIpc) is 2.98. The van der Waals surface area contributed by atoms with E-state index in [9.17, 15) is 4.79 Å². The first kappa shape index (κ1) is 13.8. The molecule has 0 saturated carbocycles. The van der Waals surface area contributed by atoms with Crippen molar-refractivity contribution in [2.75, 3.05) is 38.3 Å². The Labute approximate surface area is 114 Å². The lowest BCUT2D eigenvalue weighted by Crippen LogP contribution is -2.27. The molecule has 19 heavy (non-hydrogen) atoms. The number of nitrogens with zero attached hydrogens (tertiary/aromatic N) is 2. The van der Waals surface area contributed by atoms with Crippen molar-refractivity contribution in [2.24, 2.45) is 0 Å². The minimum Gasteiger partial charge on any atom is -0.385 e. The fourth-order valence-electron chi connectivity index (χ4n) is 2.18. The predicted molar refractivity (Wildman–Crippen MR) is 74.5 cm³/mol. The van der Waals surface area contributed by atoms with Gasteiger partial charge in [-0.2, -0.15) is 0 Å². The molecule has 0 bridgehead atoms. The van der Waals surface area contributed by atoms with Crippen LogP contribution in [-0.4, -0.2) is 44.2 Å². The molecule has 2 heterocycles. The number of carbonyl (C=O) groups is 1. The van der Waals surface area contributed by atoms with Gasteiger partial charge in [0, 0.05) is 33.4 Å². The Hall–Kier alpha value is -1.62. The van der Waals surface area contributed by atoms with E-state index < -0.39 is 0 Å². The Morgan fingerprint density at radius 1 is 1.42 bits per heavy atom. The van der Waals surface area contributed by atoms with Crippen LogP contribution in [0.4, 0.5) is 5.82 Å². The average molecular weight is 263 g/mol. The van der Waals surface area contributed by atoms with Crippen LogP contribution in [0.5, 0.6) is 0 Å². The van der Waals surface area contributed by atoms with Gasteiger partial charge in [0.2, 0.25) is 0 Å². The van der Waals surface area contributed by atoms with Crippen LogP contribution in [0.25, 0.3) is 0 Å². The van der Waals surface area contributed by atoms with Crippen molar-refractivity contribution in [1.29, 1.82) is 0 Å². The Balaban J connectivity index is 1.92. The van der Waals surface area contributed by atoms with Crippen LogP contribution in [0.15, 0.2) is 18.2 Å². The number of nitrogens with one attached hydrogen (secondary N) is 1. The molecule has 1 aromatic rings. The lowest BCUT2D eigenvalue weighted by atomic mass is 10.3. The Morgan fingerprint density at radius 3 is 2.95 bits per heavy atom. The number of ether oxygens (including phenoxy) is 1. The van der Waals surface area contributed by atoms with Gasteiger partial charge in [0.1, 0.15) is 11.5 Å². The highest BCUT2D eigenvalue weighted by Gasteiger charge is 2.15. The zero-order chi connectivity index (χ0) is 13.5. The standard InChI is InChI=1S/C14H21N3O2/c1-19-11-5-8-15-14(18)12-6-4-7-13(16-12)17-9-2-3-10-17/h4,6-7H,2-3,5,8-11H2,1H3,(H,15,18). The van der Waals surface area contributed by atoms with E-state index in [2.05, 4.69) is 15.2 Å². The first-order valence-electron chi connectivity index (χ1n) is 6.80. The molecular formula is C14H21N3O2. The van der Waals surface area contributed by atoms with E-state index in [4.69, 9.17) is 4.74 Å². The maximum atomic E-state index is 11.9. The van der Waals surface area contributed by atoms with Crippen molar-refractivity contribution in [3.05, 3.63) is 23.9 Å². The van der Waals surface area contributed by atoms with E-state index in [0.717, 1.165) is 25.3 Å². The summed E-state index contributed by atoms with van der Waals surface area (Å²) in [5.41, 5.74) is 0.488. The van der Waals surface area contributed by atoms with Crippen molar-refractivity contribution < 1.29 is 9.53 Å². The number of hydrogen-bond donors (Lipinski definition) is 1. The van der Waals surface area contributed by atoms with E-state index in [1.165, 1.54) is 12.8 Å². The third-order valence-electron chi connectivity index (χ3n) is 3.21. The number of pyridine rings is 1. The fraction of sp³-hybridized carbons (Fsp3) is 0.571. The molecule has 0 atom stereocenters. The van der Waals surface area contributed by atoms with Crippen LogP contribution >= 0.6 is 0 Å². The highest BCUT2D eigenvalue weighted by molar-refractivity contribution is 5.92. The van der Waals surface area contributed by atoms with Gasteiger partial charge in [-0.25, -0.2) is 4.98 Å². The van der Waals surface area contributed by atoms with Crippen LogP contribution in [0.3, 0.4) is 0 Å². The summed E-state index contributed by atoms with van der Waals surface area (Å²) in [6, 6.07) is 5.61. The lowest BCUT2D eigenvalue weighted by molar-refractivity contribution is 0.0943. The molecule has 0 spiro atoms. The van der Waals surface area contributed by atoms with Gasteiger partial charge in [-0.3, -0.25) is 4.79 Å². The molecule has 0 unspecified atom stereocenters. The number of amides is 1. The maximum absolute atomic E-state index is 11.9. The third-order valence-corrected chi connectivity index (χ3v) is 3.21. The fourth-order valence-corrected chi connectivity index (χ4v) is 2.18. The summed E-state index contributed by atoms with van der Waals surface area (Å²) >= 11 is 0. The normalized spacial score (nSPS) is 14.7. The third kappa shape index (κ3) is 3.92. The summed E-state index contributed by atoms with van der Waals surface area (Å²) in [5, 5.41) is 2.85. The Bertz CT molecular complexity index is 417. The monoisotopic (exact) mass is 263 g/mol. The van der Waals surface area contributed by atoms with Crippen LogP contribution in [0.2, 0.25) is 0 Å². The molecule has 1 N–H and O–H groups in total. The first-order valence-corrected chi connectivity index (χ1v) is 6.80. The van der Waals surface area contributed by atoms with Gasteiger partial charge < -0.3 is 15.0 Å². The van der Waals surface area contributed by atoms with Crippen molar-refractivity contribution in [3.8, 4) is 0 Å². The van der Waals surface area contributed by atoms with Crippen LogP contribution < -0.4 is 10.2 Å². The summed E-state index contributed by atoms with van der Waals surface area (Å²) < 4.78 is 4.94. The second-order valence-corrected chi connectivity index (χ2v) is 4.68. The van der Waals surface area contributed by atoms with Gasteiger partial charge in [-0.15, -0.1) is 0 Å². The molecule has 5 nitrogen and oxygen atoms in total. The minimum atomic E-state index is -0.114. The van der Waals surface area contributed by atoms with E-state index in [0.29, 0.717) is 18.8 Å². The summed E-state index contributed by atoms with van der Waals surface area (Å²) in [6.07, 6.45) is 3.22. The highest BCUT2D eigenvalue weighted by Crippen LogP contribution is 2.17. The molecule has 104 valence electrons. The molecule has 1 aliphatic rings. The number of aromatic nitrogens is 1. The number of carbonyl (C=O) groups excluding carboxylic acids is 1. The lowest BCUT2D eigenvalue weighted by Gasteiger charge is -2.16. The van der Waals surface area contributed by atoms with Crippen molar-refractivity contribution in [3.63, 3.8) is 0 Å². The molecule has 0 radical (unpaired) electrons. The Morgan fingerprint density at radius 2 is 2.21 bits per heavy atom. The van der Waals surface area contributed by atoms with Crippen LogP contribution in [-0.2, 0) is 4.74 Å². The van der Waals surface area contributed by atoms with Crippen LogP contribution in [0.1, 0.15) is 29.8 Å². The van der Waals surface area contributed by atoms with Gasteiger partial charge in [0.25, 0.3) is 5.91 Å². The summed E-state index contributed by atoms with van der Waals surface area (Å²) in [7, 11) is 1.66. The molecule has 0 aromatic carbocycles. The van der Waals surface area contributed by atoms with E-state index in [1.54, 1.807) is 13.2 Å². The molecule has 1 aromatic heterocycles. The summed E-state index contributed by atoms with van der Waals surface area (Å²) in [6.45, 7) is 3.33. The molecule has 1 saturated heterocycles. The van der Waals surface area contributed by atoms with Crippen molar-refractivity contribution >= 4 is 11.7 Å². The van der Waals surface area contributed by atoms with Gasteiger partial charge in [0.05, 0.1) is 0 Å².